The van der Waals surface area contributed by atoms with Crippen LogP contribution in [0.4, 0.5) is 0 Å². The lowest BCUT2D eigenvalue weighted by Gasteiger charge is -2.40. The predicted molar refractivity (Wildman–Crippen MR) is 95.3 cm³/mol. The van der Waals surface area contributed by atoms with Gasteiger partial charge in [-0.15, -0.1) is 0 Å². The summed E-state index contributed by atoms with van der Waals surface area (Å²) < 4.78 is 5.45. The molecule has 130 valence electrons. The van der Waals surface area contributed by atoms with Gasteiger partial charge in [0.2, 0.25) is 0 Å². The SMILES string of the molecule is CC(C)(C)OC(=O)C[C@]1(O)C[C@H]2CCC[C@@H]1C=C2c1ccccc1. The molecule has 1 fully saturated rings. The molecule has 1 aromatic rings. The van der Waals surface area contributed by atoms with Crippen molar-refractivity contribution in [3.8, 4) is 0 Å². The number of allylic oxidation sites excluding steroid dienone is 1. The number of fused-ring (bicyclic) bond motifs is 3. The minimum atomic E-state index is -0.970. The lowest BCUT2D eigenvalue weighted by atomic mass is 9.70. The van der Waals surface area contributed by atoms with Crippen LogP contribution in [-0.4, -0.2) is 22.3 Å². The molecule has 0 heterocycles. The first-order valence-corrected chi connectivity index (χ1v) is 8.98. The Morgan fingerprint density at radius 3 is 2.62 bits per heavy atom. The fraction of sp³-hybridized carbons (Fsp3) is 0.571. The van der Waals surface area contributed by atoms with E-state index < -0.39 is 11.2 Å². The van der Waals surface area contributed by atoms with Gasteiger partial charge in [-0.25, -0.2) is 0 Å². The zero-order valence-electron chi connectivity index (χ0n) is 14.9. The summed E-state index contributed by atoms with van der Waals surface area (Å²) in [4.78, 5) is 12.3. The van der Waals surface area contributed by atoms with Gasteiger partial charge in [-0.3, -0.25) is 4.79 Å². The molecule has 1 saturated carbocycles. The number of esters is 1. The van der Waals surface area contributed by atoms with Crippen molar-refractivity contribution in [3.05, 3.63) is 42.0 Å². The van der Waals surface area contributed by atoms with Gasteiger partial charge in [-0.2, -0.15) is 0 Å². The highest BCUT2D eigenvalue weighted by atomic mass is 16.6. The Bertz CT molecular complexity index is 626. The van der Waals surface area contributed by atoms with Gasteiger partial charge in [-0.05, 0) is 57.1 Å². The second-order valence-electron chi connectivity index (χ2n) is 8.29. The summed E-state index contributed by atoms with van der Waals surface area (Å²) in [7, 11) is 0. The summed E-state index contributed by atoms with van der Waals surface area (Å²) in [6, 6.07) is 10.4. The van der Waals surface area contributed by atoms with Crippen LogP contribution in [0.3, 0.4) is 0 Å². The molecule has 3 aliphatic rings. The molecular formula is C21H28O3. The van der Waals surface area contributed by atoms with Crippen LogP contribution in [0.5, 0.6) is 0 Å². The molecule has 0 aliphatic heterocycles. The van der Waals surface area contributed by atoms with E-state index in [1.165, 1.54) is 11.1 Å². The van der Waals surface area contributed by atoms with Crippen LogP contribution in [0.1, 0.15) is 58.4 Å². The molecule has 0 amide bonds. The standard InChI is InChI=1S/C21H28O3/c1-20(2,3)24-19(22)14-21(23)13-16-10-7-11-17(21)12-18(16)15-8-5-4-6-9-15/h4-6,8-9,12,16-17,23H,7,10-11,13-14H2,1-3H3/t16-,17-,21-/m1/s1. The highest BCUT2D eigenvalue weighted by molar-refractivity contribution is 5.73. The maximum absolute atomic E-state index is 12.3. The Kier molecular flexibility index (Phi) is 4.56. The maximum atomic E-state index is 12.3. The summed E-state index contributed by atoms with van der Waals surface area (Å²) in [5.41, 5.74) is 1.10. The zero-order chi connectivity index (χ0) is 17.4. The Morgan fingerprint density at radius 1 is 1.25 bits per heavy atom. The summed E-state index contributed by atoms with van der Waals surface area (Å²) in [6.07, 6.45) is 6.07. The molecule has 3 heteroatoms. The smallest absolute Gasteiger partial charge is 0.309 e. The monoisotopic (exact) mass is 328 g/mol. The summed E-state index contributed by atoms with van der Waals surface area (Å²) >= 11 is 0. The van der Waals surface area contributed by atoms with E-state index in [9.17, 15) is 9.90 Å². The molecule has 0 spiro atoms. The number of aliphatic hydroxyl groups is 1. The lowest BCUT2D eigenvalue weighted by molar-refractivity contribution is -0.162. The van der Waals surface area contributed by atoms with E-state index in [1.807, 2.05) is 26.8 Å². The van der Waals surface area contributed by atoms with Crippen LogP contribution >= 0.6 is 0 Å². The summed E-state index contributed by atoms with van der Waals surface area (Å²) in [6.45, 7) is 5.59. The number of hydrogen-bond donors (Lipinski definition) is 1. The molecule has 3 aliphatic carbocycles. The second-order valence-corrected chi connectivity index (χ2v) is 8.29. The quantitative estimate of drug-likeness (QED) is 0.839. The molecule has 1 N–H and O–H groups in total. The average Bonchev–Trinajstić information content (AvgIpc) is 2.77. The third-order valence-corrected chi connectivity index (χ3v) is 5.16. The normalized spacial score (nSPS) is 29.8. The molecule has 0 saturated heterocycles. The minimum absolute atomic E-state index is 0.0268. The fourth-order valence-corrected chi connectivity index (χ4v) is 4.18. The molecule has 2 bridgehead atoms. The topological polar surface area (TPSA) is 46.5 Å². The Labute approximate surface area is 144 Å². The van der Waals surface area contributed by atoms with Crippen molar-refractivity contribution in [2.45, 2.75) is 64.1 Å². The number of hydrogen-bond acceptors (Lipinski definition) is 3. The van der Waals surface area contributed by atoms with E-state index in [4.69, 9.17) is 4.74 Å². The van der Waals surface area contributed by atoms with Gasteiger partial charge in [0.15, 0.2) is 0 Å². The van der Waals surface area contributed by atoms with Gasteiger partial charge in [0.1, 0.15) is 5.60 Å². The Hall–Kier alpha value is -1.61. The molecule has 4 rings (SSSR count). The van der Waals surface area contributed by atoms with Crippen LogP contribution in [0.15, 0.2) is 36.4 Å². The number of carbonyl (C=O) groups excluding carboxylic acids is 1. The van der Waals surface area contributed by atoms with Crippen LogP contribution in [-0.2, 0) is 9.53 Å². The first-order chi connectivity index (χ1) is 11.3. The van der Waals surface area contributed by atoms with E-state index >= 15 is 0 Å². The Morgan fingerprint density at radius 2 is 1.96 bits per heavy atom. The van der Waals surface area contributed by atoms with E-state index in [1.54, 1.807) is 0 Å². The van der Waals surface area contributed by atoms with Crippen molar-refractivity contribution < 1.29 is 14.6 Å². The average molecular weight is 328 g/mol. The van der Waals surface area contributed by atoms with E-state index in [0.717, 1.165) is 19.3 Å². The second kappa shape index (κ2) is 6.36. The van der Waals surface area contributed by atoms with Crippen LogP contribution in [0.2, 0.25) is 0 Å². The molecular weight excluding hydrogens is 300 g/mol. The highest BCUT2D eigenvalue weighted by Gasteiger charge is 2.46. The first-order valence-electron chi connectivity index (χ1n) is 8.98. The molecule has 3 nitrogen and oxygen atoms in total. The third kappa shape index (κ3) is 3.72. The van der Waals surface area contributed by atoms with Gasteiger partial charge >= 0.3 is 5.97 Å². The van der Waals surface area contributed by atoms with Gasteiger partial charge in [0.05, 0.1) is 12.0 Å². The number of benzene rings is 1. The van der Waals surface area contributed by atoms with Crippen molar-refractivity contribution in [1.29, 1.82) is 0 Å². The predicted octanol–water partition coefficient (Wildman–Crippen LogP) is 4.35. The van der Waals surface area contributed by atoms with E-state index in [2.05, 4.69) is 30.3 Å². The highest BCUT2D eigenvalue weighted by Crippen LogP contribution is 2.49. The summed E-state index contributed by atoms with van der Waals surface area (Å²) in [5.74, 6) is 0.0461. The van der Waals surface area contributed by atoms with Crippen molar-refractivity contribution in [3.63, 3.8) is 0 Å². The number of rotatable bonds is 3. The third-order valence-electron chi connectivity index (χ3n) is 5.16. The molecule has 24 heavy (non-hydrogen) atoms. The van der Waals surface area contributed by atoms with Crippen molar-refractivity contribution in [1.82, 2.24) is 0 Å². The molecule has 1 aromatic carbocycles. The van der Waals surface area contributed by atoms with Gasteiger partial charge in [0, 0.05) is 5.92 Å². The maximum Gasteiger partial charge on any atom is 0.309 e. The van der Waals surface area contributed by atoms with E-state index in [0.29, 0.717) is 12.3 Å². The molecule has 0 unspecified atom stereocenters. The minimum Gasteiger partial charge on any atom is -0.460 e. The molecule has 0 radical (unpaired) electrons. The van der Waals surface area contributed by atoms with Crippen molar-refractivity contribution >= 4 is 11.5 Å². The van der Waals surface area contributed by atoms with Crippen LogP contribution < -0.4 is 0 Å². The first kappa shape index (κ1) is 17.2. The molecule has 0 aromatic heterocycles. The molecule has 3 atom stereocenters. The van der Waals surface area contributed by atoms with Crippen LogP contribution in [0, 0.1) is 11.8 Å². The fourth-order valence-electron chi connectivity index (χ4n) is 4.18. The zero-order valence-corrected chi connectivity index (χ0v) is 14.9. The largest absolute Gasteiger partial charge is 0.460 e. The van der Waals surface area contributed by atoms with Crippen molar-refractivity contribution in [2.75, 3.05) is 0 Å². The number of carbonyl (C=O) groups is 1. The van der Waals surface area contributed by atoms with Gasteiger partial charge in [-0.1, -0.05) is 42.8 Å². The van der Waals surface area contributed by atoms with Gasteiger partial charge in [0.25, 0.3) is 0 Å². The van der Waals surface area contributed by atoms with Crippen molar-refractivity contribution in [2.24, 2.45) is 11.8 Å². The Balaban J connectivity index is 1.83. The summed E-state index contributed by atoms with van der Waals surface area (Å²) in [5, 5.41) is 11.2. The van der Waals surface area contributed by atoms with E-state index in [-0.39, 0.29) is 18.3 Å². The van der Waals surface area contributed by atoms with Crippen LogP contribution in [0.25, 0.3) is 5.57 Å². The lowest BCUT2D eigenvalue weighted by Crippen LogP contribution is -2.43. The number of ether oxygens (including phenoxy) is 1. The van der Waals surface area contributed by atoms with Gasteiger partial charge < -0.3 is 9.84 Å².